The molecule has 9 heteroatoms. The number of methoxy groups -OCH3 is 1. The number of ether oxygens (including phenoxy) is 2. The Bertz CT molecular complexity index is 1660. The summed E-state index contributed by atoms with van der Waals surface area (Å²) in [5, 5.41) is 0.937. The zero-order valence-electron chi connectivity index (χ0n) is 21.1. The van der Waals surface area contributed by atoms with Gasteiger partial charge < -0.3 is 24.7 Å². The molecule has 0 aliphatic carbocycles. The minimum atomic E-state index is -0.489. The van der Waals surface area contributed by atoms with E-state index in [2.05, 4.69) is 14.3 Å². The number of carbonyl (C=O) groups is 1. The summed E-state index contributed by atoms with van der Waals surface area (Å²) in [7, 11) is 3.49. The van der Waals surface area contributed by atoms with Gasteiger partial charge in [-0.05, 0) is 25.1 Å². The van der Waals surface area contributed by atoms with Crippen LogP contribution in [-0.4, -0.2) is 58.3 Å². The summed E-state index contributed by atoms with van der Waals surface area (Å²) in [6.07, 6.45) is 3.75. The number of primary amides is 1. The Balaban J connectivity index is 1.55. The van der Waals surface area contributed by atoms with Crippen molar-refractivity contribution in [3.63, 3.8) is 0 Å². The molecule has 4 heterocycles. The van der Waals surface area contributed by atoms with Gasteiger partial charge in [0.1, 0.15) is 17.1 Å². The molecule has 6 rings (SSSR count). The van der Waals surface area contributed by atoms with Crippen molar-refractivity contribution >= 4 is 28.3 Å². The van der Waals surface area contributed by atoms with Crippen molar-refractivity contribution < 1.29 is 14.3 Å². The average Bonchev–Trinajstić information content (AvgIpc) is 3.46. The first-order valence-electron chi connectivity index (χ1n) is 12.2. The molecule has 0 atom stereocenters. The maximum atomic E-state index is 12.5. The number of morpholine rings is 1. The number of carbonyl (C=O) groups excluding carboxylic acids is 1. The van der Waals surface area contributed by atoms with Crippen molar-refractivity contribution in [2.45, 2.75) is 6.92 Å². The third kappa shape index (κ3) is 3.62. The number of para-hydroxylation sites is 1. The first kappa shape index (κ1) is 23.1. The van der Waals surface area contributed by atoms with E-state index in [1.54, 1.807) is 13.3 Å². The number of benzene rings is 2. The molecule has 2 aromatic carbocycles. The Labute approximate surface area is 214 Å². The fourth-order valence-corrected chi connectivity index (χ4v) is 5.37. The standard InChI is InChI=1S/C28H28N6O3/c1-17-25-24(31-28(34(25)11-10-30-17)33-12-14-37-15-13-33)18-8-9-20(22(16-18)36-3)23-19-6-4-5-7-21(19)32(2)26(23)27(29)35/h4-11,16H,12-15H2,1-3H3,(H2,29,35). The molecule has 0 spiro atoms. The Morgan fingerprint density at radius 2 is 1.92 bits per heavy atom. The summed E-state index contributed by atoms with van der Waals surface area (Å²) in [4.78, 5) is 24.4. The third-order valence-corrected chi connectivity index (χ3v) is 7.10. The fraction of sp³-hybridized carbons (Fsp3) is 0.250. The highest BCUT2D eigenvalue weighted by molar-refractivity contribution is 6.10. The zero-order valence-corrected chi connectivity index (χ0v) is 21.1. The quantitative estimate of drug-likeness (QED) is 0.397. The Morgan fingerprint density at radius 1 is 1.14 bits per heavy atom. The normalized spacial score (nSPS) is 14.0. The van der Waals surface area contributed by atoms with E-state index < -0.39 is 5.91 Å². The van der Waals surface area contributed by atoms with E-state index in [1.165, 1.54) is 0 Å². The molecule has 1 saturated heterocycles. The van der Waals surface area contributed by atoms with Gasteiger partial charge >= 0.3 is 0 Å². The smallest absolute Gasteiger partial charge is 0.266 e. The largest absolute Gasteiger partial charge is 0.496 e. The number of rotatable bonds is 5. The maximum Gasteiger partial charge on any atom is 0.266 e. The Morgan fingerprint density at radius 3 is 2.68 bits per heavy atom. The molecule has 3 aromatic heterocycles. The third-order valence-electron chi connectivity index (χ3n) is 7.10. The van der Waals surface area contributed by atoms with Crippen molar-refractivity contribution in [3.05, 3.63) is 66.2 Å². The molecule has 1 aliphatic rings. The zero-order chi connectivity index (χ0) is 25.7. The molecule has 1 aliphatic heterocycles. The second-order valence-electron chi connectivity index (χ2n) is 9.17. The number of nitrogens with two attached hydrogens (primary N) is 1. The molecule has 1 amide bonds. The van der Waals surface area contributed by atoms with Gasteiger partial charge in [-0.3, -0.25) is 14.2 Å². The van der Waals surface area contributed by atoms with Crippen LogP contribution in [0.4, 0.5) is 5.95 Å². The molecule has 0 bridgehead atoms. The predicted molar refractivity (Wildman–Crippen MR) is 143 cm³/mol. The van der Waals surface area contributed by atoms with E-state index in [-0.39, 0.29) is 0 Å². The Kier molecular flexibility index (Phi) is 5.57. The van der Waals surface area contributed by atoms with Crippen molar-refractivity contribution in [2.24, 2.45) is 12.8 Å². The molecule has 0 saturated carbocycles. The van der Waals surface area contributed by atoms with Crippen LogP contribution in [0, 0.1) is 6.92 Å². The van der Waals surface area contributed by atoms with E-state index in [4.69, 9.17) is 20.2 Å². The van der Waals surface area contributed by atoms with Gasteiger partial charge in [0.05, 0.1) is 31.5 Å². The minimum Gasteiger partial charge on any atom is -0.496 e. The van der Waals surface area contributed by atoms with Crippen molar-refractivity contribution in [1.82, 2.24) is 18.9 Å². The number of amides is 1. The lowest BCUT2D eigenvalue weighted by molar-refractivity contribution is 0.0993. The van der Waals surface area contributed by atoms with E-state index in [0.29, 0.717) is 24.7 Å². The van der Waals surface area contributed by atoms with Crippen molar-refractivity contribution in [2.75, 3.05) is 38.3 Å². The highest BCUT2D eigenvalue weighted by atomic mass is 16.5. The second kappa shape index (κ2) is 8.94. The van der Waals surface area contributed by atoms with Crippen LogP contribution in [0.15, 0.2) is 54.9 Å². The summed E-state index contributed by atoms with van der Waals surface area (Å²) in [5.41, 5.74) is 12.3. The molecule has 0 unspecified atom stereocenters. The maximum absolute atomic E-state index is 12.5. The number of hydrogen-bond donors (Lipinski definition) is 1. The molecule has 0 radical (unpaired) electrons. The summed E-state index contributed by atoms with van der Waals surface area (Å²) in [6.45, 7) is 4.89. The number of anilines is 1. The van der Waals surface area contributed by atoms with Gasteiger partial charge in [-0.25, -0.2) is 4.98 Å². The van der Waals surface area contributed by atoms with Crippen LogP contribution in [-0.2, 0) is 11.8 Å². The Hall–Kier alpha value is -4.37. The number of hydrogen-bond acceptors (Lipinski definition) is 6. The summed E-state index contributed by atoms with van der Waals surface area (Å²) < 4.78 is 15.4. The molecule has 5 aromatic rings. The van der Waals surface area contributed by atoms with Gasteiger partial charge in [-0.1, -0.05) is 24.3 Å². The highest BCUT2D eigenvalue weighted by Crippen LogP contribution is 2.42. The monoisotopic (exact) mass is 496 g/mol. The highest BCUT2D eigenvalue weighted by Gasteiger charge is 2.25. The van der Waals surface area contributed by atoms with Gasteiger partial charge in [0.2, 0.25) is 5.95 Å². The lowest BCUT2D eigenvalue weighted by Gasteiger charge is -2.27. The number of imidazole rings is 1. The summed E-state index contributed by atoms with van der Waals surface area (Å²) in [6, 6.07) is 13.8. The van der Waals surface area contributed by atoms with Crippen LogP contribution in [0.25, 0.3) is 38.8 Å². The molecule has 1 fully saturated rings. The molecular weight excluding hydrogens is 468 g/mol. The van der Waals surface area contributed by atoms with Crippen molar-refractivity contribution in [3.8, 4) is 28.1 Å². The summed E-state index contributed by atoms with van der Waals surface area (Å²) in [5.74, 6) is 1.01. The van der Waals surface area contributed by atoms with Crippen LogP contribution in [0.2, 0.25) is 0 Å². The number of aromatic nitrogens is 4. The molecule has 188 valence electrons. The number of fused-ring (bicyclic) bond motifs is 2. The van der Waals surface area contributed by atoms with E-state index in [0.717, 1.165) is 63.5 Å². The first-order chi connectivity index (χ1) is 18.0. The topological polar surface area (TPSA) is 99.9 Å². The molecule has 37 heavy (non-hydrogen) atoms. The SMILES string of the molecule is COc1cc(-c2nc(N3CCOCC3)n3ccnc(C)c23)ccc1-c1c(C(N)=O)n(C)c2ccccc12. The summed E-state index contributed by atoms with van der Waals surface area (Å²) >= 11 is 0. The van der Waals surface area contributed by atoms with Crippen LogP contribution < -0.4 is 15.4 Å². The minimum absolute atomic E-state index is 0.439. The lowest BCUT2D eigenvalue weighted by atomic mass is 9.98. The molecule has 2 N–H and O–H groups in total. The molecular formula is C28H28N6O3. The van der Waals surface area contributed by atoms with Crippen LogP contribution in [0.1, 0.15) is 16.2 Å². The average molecular weight is 497 g/mol. The lowest BCUT2D eigenvalue weighted by Crippen LogP contribution is -2.37. The van der Waals surface area contributed by atoms with Crippen LogP contribution in [0.3, 0.4) is 0 Å². The van der Waals surface area contributed by atoms with Crippen LogP contribution >= 0.6 is 0 Å². The number of nitrogens with zero attached hydrogens (tertiary/aromatic N) is 5. The first-order valence-corrected chi connectivity index (χ1v) is 12.2. The van der Waals surface area contributed by atoms with Gasteiger partial charge in [0, 0.05) is 60.1 Å². The van der Waals surface area contributed by atoms with E-state index in [1.807, 2.05) is 67.2 Å². The van der Waals surface area contributed by atoms with Gasteiger partial charge in [-0.15, -0.1) is 0 Å². The molecule has 9 nitrogen and oxygen atoms in total. The van der Waals surface area contributed by atoms with Gasteiger partial charge in [-0.2, -0.15) is 0 Å². The fourth-order valence-electron chi connectivity index (χ4n) is 5.37. The van der Waals surface area contributed by atoms with E-state index in [9.17, 15) is 4.79 Å². The second-order valence-corrected chi connectivity index (χ2v) is 9.17. The van der Waals surface area contributed by atoms with Gasteiger partial charge in [0.25, 0.3) is 5.91 Å². The number of aryl methyl sites for hydroxylation is 2. The predicted octanol–water partition coefficient (Wildman–Crippen LogP) is 3.81. The van der Waals surface area contributed by atoms with Crippen LogP contribution in [0.5, 0.6) is 5.75 Å². The van der Waals surface area contributed by atoms with Crippen molar-refractivity contribution in [1.29, 1.82) is 0 Å². The van der Waals surface area contributed by atoms with Gasteiger partial charge in [0.15, 0.2) is 0 Å². The van der Waals surface area contributed by atoms with E-state index >= 15 is 0 Å².